The van der Waals surface area contributed by atoms with E-state index >= 15 is 0 Å². The van der Waals surface area contributed by atoms with E-state index in [4.69, 9.17) is 21.1 Å². The number of halogens is 1. The van der Waals surface area contributed by atoms with E-state index in [0.717, 1.165) is 4.90 Å². The van der Waals surface area contributed by atoms with Gasteiger partial charge in [-0.1, -0.05) is 29.8 Å². The third-order valence-corrected chi connectivity index (χ3v) is 5.82. The lowest BCUT2D eigenvalue weighted by atomic mass is 10.1. The number of thiophene rings is 1. The Balaban J connectivity index is 1.82. The highest BCUT2D eigenvalue weighted by Crippen LogP contribution is 2.39. The summed E-state index contributed by atoms with van der Waals surface area (Å²) in [7, 11) is 3.08. The van der Waals surface area contributed by atoms with Crippen molar-refractivity contribution < 1.29 is 19.1 Å². The monoisotopic (exact) mass is 440 g/mol. The fraction of sp³-hybridized carbons (Fsp3) is 0.0909. The number of ether oxygens (including phenoxy) is 2. The van der Waals surface area contributed by atoms with E-state index in [-0.39, 0.29) is 11.3 Å². The summed E-state index contributed by atoms with van der Waals surface area (Å²) >= 11 is 7.66. The quantitative estimate of drug-likeness (QED) is 0.557. The van der Waals surface area contributed by atoms with Crippen molar-refractivity contribution in [3.8, 4) is 11.5 Å². The van der Waals surface area contributed by atoms with Crippen LogP contribution in [0.5, 0.6) is 11.5 Å². The standard InChI is InChI=1S/C22H17ClN2O4S/c1-28-13-9-10-15(17(12-13)29-2)24-20-19(18-8-5-11-30-18)21(26)25(22(20)27)16-7-4-3-6-14(16)23/h3-12,24H,1-2H3. The molecule has 2 amide bonds. The predicted octanol–water partition coefficient (Wildman–Crippen LogP) is 4.82. The first-order chi connectivity index (χ1) is 14.5. The second-order valence-corrected chi connectivity index (χ2v) is 7.67. The van der Waals surface area contributed by atoms with Crippen molar-refractivity contribution in [1.29, 1.82) is 0 Å². The number of hydrogen-bond acceptors (Lipinski definition) is 6. The molecule has 3 aromatic rings. The Morgan fingerprint density at radius 2 is 1.77 bits per heavy atom. The maximum absolute atomic E-state index is 13.4. The van der Waals surface area contributed by atoms with Gasteiger partial charge in [0.2, 0.25) is 0 Å². The lowest BCUT2D eigenvalue weighted by Crippen LogP contribution is -2.32. The number of methoxy groups -OCH3 is 2. The summed E-state index contributed by atoms with van der Waals surface area (Å²) in [6, 6.07) is 15.5. The molecule has 0 spiro atoms. The van der Waals surface area contributed by atoms with Gasteiger partial charge in [-0.25, -0.2) is 4.90 Å². The number of nitrogens with one attached hydrogen (secondary N) is 1. The second-order valence-electron chi connectivity index (χ2n) is 6.32. The number of imide groups is 1. The topological polar surface area (TPSA) is 67.9 Å². The largest absolute Gasteiger partial charge is 0.497 e. The Morgan fingerprint density at radius 3 is 2.43 bits per heavy atom. The van der Waals surface area contributed by atoms with Crippen molar-refractivity contribution >= 4 is 51.7 Å². The number of para-hydroxylation sites is 1. The number of rotatable bonds is 6. The number of carbonyl (C=O) groups excluding carboxylic acids is 2. The average Bonchev–Trinajstić information content (AvgIpc) is 3.36. The number of anilines is 2. The molecule has 1 N–H and O–H groups in total. The van der Waals surface area contributed by atoms with E-state index in [1.165, 1.54) is 18.4 Å². The first-order valence-corrected chi connectivity index (χ1v) is 10.2. The van der Waals surface area contributed by atoms with Gasteiger partial charge in [0.15, 0.2) is 0 Å². The molecule has 1 aliphatic rings. The zero-order valence-corrected chi connectivity index (χ0v) is 17.7. The van der Waals surface area contributed by atoms with Crippen LogP contribution in [0.2, 0.25) is 5.02 Å². The van der Waals surface area contributed by atoms with Gasteiger partial charge < -0.3 is 14.8 Å². The van der Waals surface area contributed by atoms with Crippen molar-refractivity contribution in [3.05, 3.63) is 75.6 Å². The van der Waals surface area contributed by atoms with Gasteiger partial charge in [0, 0.05) is 10.9 Å². The summed E-state index contributed by atoms with van der Waals surface area (Å²) in [5.41, 5.74) is 1.31. The minimum Gasteiger partial charge on any atom is -0.497 e. The van der Waals surface area contributed by atoms with Crippen molar-refractivity contribution in [2.75, 3.05) is 24.4 Å². The molecule has 2 aromatic carbocycles. The van der Waals surface area contributed by atoms with Gasteiger partial charge in [-0.05, 0) is 35.7 Å². The minimum absolute atomic E-state index is 0.158. The van der Waals surface area contributed by atoms with Gasteiger partial charge in [0.05, 0.1) is 36.2 Å². The van der Waals surface area contributed by atoms with E-state index in [2.05, 4.69) is 5.32 Å². The minimum atomic E-state index is -0.491. The zero-order chi connectivity index (χ0) is 21.3. The third kappa shape index (κ3) is 3.42. The molecule has 0 atom stereocenters. The molecule has 0 saturated heterocycles. The number of benzene rings is 2. The van der Waals surface area contributed by atoms with Crippen molar-refractivity contribution in [1.82, 2.24) is 0 Å². The lowest BCUT2D eigenvalue weighted by Gasteiger charge is -2.17. The molecular formula is C22H17ClN2O4S. The number of amides is 2. The summed E-state index contributed by atoms with van der Waals surface area (Å²) in [6.45, 7) is 0. The van der Waals surface area contributed by atoms with E-state index in [1.54, 1.807) is 55.6 Å². The Labute approximate surface area is 182 Å². The highest BCUT2D eigenvalue weighted by atomic mass is 35.5. The van der Waals surface area contributed by atoms with Crippen LogP contribution in [0.3, 0.4) is 0 Å². The molecule has 0 unspecified atom stereocenters. The zero-order valence-electron chi connectivity index (χ0n) is 16.1. The summed E-state index contributed by atoms with van der Waals surface area (Å²) < 4.78 is 10.6. The van der Waals surface area contributed by atoms with Gasteiger partial charge in [-0.2, -0.15) is 0 Å². The van der Waals surface area contributed by atoms with Crippen LogP contribution in [-0.4, -0.2) is 26.0 Å². The van der Waals surface area contributed by atoms with E-state index in [9.17, 15) is 9.59 Å². The SMILES string of the molecule is COc1ccc(NC2=C(c3cccs3)C(=O)N(c3ccccc3Cl)C2=O)c(OC)c1. The maximum Gasteiger partial charge on any atom is 0.282 e. The Morgan fingerprint density at radius 1 is 0.967 bits per heavy atom. The molecule has 1 aromatic heterocycles. The van der Waals surface area contributed by atoms with Crippen LogP contribution in [0.25, 0.3) is 5.57 Å². The first-order valence-electron chi connectivity index (χ1n) is 8.95. The molecule has 0 radical (unpaired) electrons. The van der Waals surface area contributed by atoms with Crippen LogP contribution in [0, 0.1) is 0 Å². The molecule has 6 nitrogen and oxygen atoms in total. The summed E-state index contributed by atoms with van der Waals surface area (Å²) in [4.78, 5) is 28.5. The Bertz CT molecular complexity index is 1160. The first kappa shape index (κ1) is 20.0. The van der Waals surface area contributed by atoms with Crippen LogP contribution in [0.15, 0.2) is 65.7 Å². The van der Waals surface area contributed by atoms with Gasteiger partial charge >= 0.3 is 0 Å². The molecule has 0 bridgehead atoms. The van der Waals surface area contributed by atoms with Crippen molar-refractivity contribution in [2.45, 2.75) is 0 Å². The highest BCUT2D eigenvalue weighted by molar-refractivity contribution is 7.11. The number of carbonyl (C=O) groups is 2. The van der Waals surface area contributed by atoms with E-state index < -0.39 is 11.8 Å². The highest BCUT2D eigenvalue weighted by Gasteiger charge is 2.41. The van der Waals surface area contributed by atoms with Crippen LogP contribution in [0.1, 0.15) is 4.88 Å². The normalized spacial score (nSPS) is 13.8. The predicted molar refractivity (Wildman–Crippen MR) is 118 cm³/mol. The third-order valence-electron chi connectivity index (χ3n) is 4.61. The number of hydrogen-bond donors (Lipinski definition) is 1. The molecule has 0 aliphatic carbocycles. The molecule has 0 saturated carbocycles. The summed E-state index contributed by atoms with van der Waals surface area (Å²) in [5.74, 6) is 0.153. The van der Waals surface area contributed by atoms with E-state index in [1.807, 2.05) is 11.4 Å². The fourth-order valence-electron chi connectivity index (χ4n) is 3.18. The van der Waals surface area contributed by atoms with Crippen LogP contribution < -0.4 is 19.7 Å². The molecule has 152 valence electrons. The second kappa shape index (κ2) is 8.22. The van der Waals surface area contributed by atoms with Crippen molar-refractivity contribution in [2.24, 2.45) is 0 Å². The van der Waals surface area contributed by atoms with Crippen LogP contribution in [0.4, 0.5) is 11.4 Å². The molecule has 0 fully saturated rings. The molecule has 30 heavy (non-hydrogen) atoms. The Hall–Kier alpha value is -3.29. The molecular weight excluding hydrogens is 424 g/mol. The maximum atomic E-state index is 13.4. The smallest absolute Gasteiger partial charge is 0.282 e. The molecule has 8 heteroatoms. The fourth-order valence-corrected chi connectivity index (χ4v) is 4.17. The lowest BCUT2D eigenvalue weighted by molar-refractivity contribution is -0.120. The average molecular weight is 441 g/mol. The van der Waals surface area contributed by atoms with Crippen molar-refractivity contribution in [3.63, 3.8) is 0 Å². The molecule has 4 rings (SSSR count). The molecule has 2 heterocycles. The number of nitrogens with zero attached hydrogens (tertiary/aromatic N) is 1. The van der Waals surface area contributed by atoms with Gasteiger partial charge in [-0.15, -0.1) is 11.3 Å². The summed E-state index contributed by atoms with van der Waals surface area (Å²) in [5, 5.41) is 5.26. The van der Waals surface area contributed by atoms with Gasteiger partial charge in [0.1, 0.15) is 17.2 Å². The molecule has 1 aliphatic heterocycles. The Kier molecular flexibility index (Phi) is 5.48. The van der Waals surface area contributed by atoms with Gasteiger partial charge in [0.25, 0.3) is 11.8 Å². The van der Waals surface area contributed by atoms with Crippen LogP contribution in [-0.2, 0) is 9.59 Å². The van der Waals surface area contributed by atoms with Crippen LogP contribution >= 0.6 is 22.9 Å². The van der Waals surface area contributed by atoms with E-state index in [0.29, 0.717) is 32.8 Å². The van der Waals surface area contributed by atoms with Gasteiger partial charge in [-0.3, -0.25) is 9.59 Å². The summed E-state index contributed by atoms with van der Waals surface area (Å²) in [6.07, 6.45) is 0.